The third-order valence-corrected chi connectivity index (χ3v) is 13.0. The molecule has 0 radical (unpaired) electrons. The van der Waals surface area contributed by atoms with Crippen LogP contribution in [0.2, 0.25) is 0 Å². The Kier molecular flexibility index (Phi) is 6.56. The zero-order chi connectivity index (χ0) is 30.6. The van der Waals surface area contributed by atoms with Crippen molar-refractivity contribution in [3.63, 3.8) is 0 Å². The third kappa shape index (κ3) is 4.08. The van der Waals surface area contributed by atoms with Crippen LogP contribution in [-0.4, -0.2) is 23.5 Å². The number of rotatable bonds is 3. The molecule has 41 heavy (non-hydrogen) atoms. The fourth-order valence-electron chi connectivity index (χ4n) is 10.6. The van der Waals surface area contributed by atoms with E-state index in [1.54, 1.807) is 6.08 Å². The molecular formula is C34H44F3NO3. The summed E-state index contributed by atoms with van der Waals surface area (Å²) >= 11 is 0. The van der Waals surface area contributed by atoms with Crippen LogP contribution in [0.1, 0.15) is 106 Å². The molecule has 0 saturated heterocycles. The summed E-state index contributed by atoms with van der Waals surface area (Å²) in [7, 11) is 0. The maximum absolute atomic E-state index is 14.5. The van der Waals surface area contributed by atoms with Crippen LogP contribution < -0.4 is 0 Å². The van der Waals surface area contributed by atoms with Crippen molar-refractivity contribution in [1.29, 1.82) is 0 Å². The van der Waals surface area contributed by atoms with Gasteiger partial charge < -0.3 is 4.79 Å². The second-order valence-corrected chi connectivity index (χ2v) is 15.9. The molecule has 0 bridgehead atoms. The summed E-state index contributed by atoms with van der Waals surface area (Å²) in [5.74, 6) is -1.32. The molecule has 7 heteroatoms. The maximum atomic E-state index is 14.5. The second kappa shape index (κ2) is 8.89. The van der Waals surface area contributed by atoms with Crippen LogP contribution in [0, 0.1) is 56.8 Å². The molecule has 0 amide bonds. The van der Waals surface area contributed by atoms with Gasteiger partial charge in [0.15, 0.2) is 11.6 Å². The van der Waals surface area contributed by atoms with Gasteiger partial charge in [-0.25, -0.2) is 4.85 Å². The number of ketones is 3. The van der Waals surface area contributed by atoms with Crippen LogP contribution in [0.4, 0.5) is 13.2 Å². The molecule has 5 rings (SSSR count). The van der Waals surface area contributed by atoms with Crippen molar-refractivity contribution >= 4 is 17.3 Å². The second-order valence-electron chi connectivity index (χ2n) is 15.9. The van der Waals surface area contributed by atoms with Crippen LogP contribution in [0.25, 0.3) is 4.85 Å². The lowest BCUT2D eigenvalue weighted by atomic mass is 9.34. The number of Topliss-reactive ketones (excluding diaryl/α,β-unsaturated/α-hetero) is 2. The van der Waals surface area contributed by atoms with Crippen molar-refractivity contribution < 1.29 is 27.6 Å². The Morgan fingerprint density at radius 1 is 1.00 bits per heavy atom. The number of fused-ring (bicyclic) bond motifs is 7. The topological polar surface area (TPSA) is 55.6 Å². The molecule has 0 heterocycles. The van der Waals surface area contributed by atoms with Crippen LogP contribution >= 0.6 is 0 Å². The largest absolute Gasteiger partial charge is 0.389 e. The van der Waals surface area contributed by atoms with Gasteiger partial charge in [-0.3, -0.25) is 9.59 Å². The molecule has 7 atom stereocenters. The monoisotopic (exact) mass is 571 g/mol. The van der Waals surface area contributed by atoms with Crippen LogP contribution in [-0.2, 0) is 14.4 Å². The predicted octanol–water partition coefficient (Wildman–Crippen LogP) is 8.47. The molecule has 2 unspecified atom stereocenters. The Bertz CT molecular complexity index is 1310. The minimum Gasteiger partial charge on any atom is -0.307 e. The minimum absolute atomic E-state index is 0.0373. The highest BCUT2D eigenvalue weighted by Gasteiger charge is 2.70. The fraction of sp³-hybridized carbons (Fsp3) is 0.765. The van der Waals surface area contributed by atoms with Crippen molar-refractivity contribution in [1.82, 2.24) is 0 Å². The molecule has 0 aromatic heterocycles. The highest BCUT2D eigenvalue weighted by Crippen LogP contribution is 2.74. The van der Waals surface area contributed by atoms with E-state index >= 15 is 0 Å². The summed E-state index contributed by atoms with van der Waals surface area (Å²) in [6.07, 6.45) is 2.12. The van der Waals surface area contributed by atoms with E-state index in [1.807, 2.05) is 19.9 Å². The Hall–Kier alpha value is -2.23. The molecular weight excluding hydrogens is 527 g/mol. The van der Waals surface area contributed by atoms with Gasteiger partial charge in [-0.2, -0.15) is 13.2 Å². The summed E-state index contributed by atoms with van der Waals surface area (Å²) < 4.78 is 39.6. The average molecular weight is 572 g/mol. The van der Waals surface area contributed by atoms with E-state index in [4.69, 9.17) is 6.57 Å². The molecule has 3 fully saturated rings. The Labute approximate surface area is 242 Å². The zero-order valence-electron chi connectivity index (χ0n) is 25.6. The van der Waals surface area contributed by atoms with E-state index in [9.17, 15) is 27.6 Å². The fourth-order valence-corrected chi connectivity index (χ4v) is 10.6. The number of allylic oxidation sites excluding steroid dienone is 4. The molecule has 5 aliphatic rings. The Morgan fingerprint density at radius 3 is 2.24 bits per heavy atom. The number of hydrogen-bond donors (Lipinski definition) is 0. The maximum Gasteiger partial charge on any atom is 0.389 e. The van der Waals surface area contributed by atoms with E-state index in [-0.39, 0.29) is 40.3 Å². The minimum atomic E-state index is -4.40. The first-order chi connectivity index (χ1) is 18.7. The summed E-state index contributed by atoms with van der Waals surface area (Å²) in [5, 5.41) is 0. The van der Waals surface area contributed by atoms with Gasteiger partial charge in [0, 0.05) is 28.6 Å². The summed E-state index contributed by atoms with van der Waals surface area (Å²) in [5.41, 5.74) is -2.20. The average Bonchev–Trinajstić information content (AvgIpc) is 2.85. The van der Waals surface area contributed by atoms with Crippen molar-refractivity contribution in [3.8, 4) is 0 Å². The van der Waals surface area contributed by atoms with Crippen LogP contribution in [0.3, 0.4) is 0 Å². The SMILES string of the molecule is [C-]#[N+]C1=C[C@]2(C)C3=CC(=O)C4C5CC(C)(C)CC[C@]5(C(=O)CCC(F)(F)F)CC[C@@]4(C)[C@]3(C)CC[C@H]2C(C)(C)C1=O. The van der Waals surface area contributed by atoms with Gasteiger partial charge in [-0.15, -0.1) is 0 Å². The van der Waals surface area contributed by atoms with Crippen LogP contribution in [0.5, 0.6) is 0 Å². The molecule has 0 aromatic rings. The van der Waals surface area contributed by atoms with Crippen LogP contribution in [0.15, 0.2) is 23.4 Å². The number of alkyl halides is 3. The molecule has 0 aromatic carbocycles. The van der Waals surface area contributed by atoms with Crippen molar-refractivity contribution in [3.05, 3.63) is 34.8 Å². The van der Waals surface area contributed by atoms with Gasteiger partial charge in [0.2, 0.25) is 5.70 Å². The normalized spacial score (nSPS) is 42.9. The van der Waals surface area contributed by atoms with Crippen molar-refractivity contribution in [2.24, 2.45) is 50.2 Å². The number of carbonyl (C=O) groups is 3. The standard InChI is InChI=1S/C34H44F3NO3/c1-28(2)13-15-33(25(40)10-12-34(35,36)37)16-14-32(7)26(20(33)18-28)22(39)17-24-30(5)19-21(38-8)27(41)29(3,4)23(30)9-11-31(24,32)6/h17,19-20,23,26H,9-16,18H2,1-7H3/t20?,23-,26?,30-,31+,32+,33-/m0/s1. The molecule has 224 valence electrons. The van der Waals surface area contributed by atoms with Gasteiger partial charge in [0.05, 0.1) is 13.0 Å². The Morgan fingerprint density at radius 2 is 1.63 bits per heavy atom. The molecule has 3 saturated carbocycles. The van der Waals surface area contributed by atoms with Gasteiger partial charge in [0.1, 0.15) is 5.78 Å². The third-order valence-electron chi connectivity index (χ3n) is 13.0. The highest BCUT2D eigenvalue weighted by atomic mass is 19.4. The summed E-state index contributed by atoms with van der Waals surface area (Å²) in [4.78, 5) is 45.1. The highest BCUT2D eigenvalue weighted by molar-refractivity contribution is 6.03. The smallest absolute Gasteiger partial charge is 0.307 e. The zero-order valence-corrected chi connectivity index (χ0v) is 25.6. The van der Waals surface area contributed by atoms with Gasteiger partial charge in [-0.05, 0) is 79.1 Å². The first-order valence-electron chi connectivity index (χ1n) is 15.2. The Balaban J connectivity index is 1.65. The van der Waals surface area contributed by atoms with Gasteiger partial charge >= 0.3 is 6.18 Å². The molecule has 0 aliphatic heterocycles. The first kappa shape index (κ1) is 30.2. The molecule has 5 aliphatic carbocycles. The molecule has 0 spiro atoms. The van der Waals surface area contributed by atoms with E-state index in [0.29, 0.717) is 25.7 Å². The molecule has 4 nitrogen and oxygen atoms in total. The van der Waals surface area contributed by atoms with Gasteiger partial charge in [-0.1, -0.05) is 60.1 Å². The quantitative estimate of drug-likeness (QED) is 0.319. The van der Waals surface area contributed by atoms with E-state index in [1.165, 1.54) is 0 Å². The van der Waals surface area contributed by atoms with E-state index in [0.717, 1.165) is 24.8 Å². The predicted molar refractivity (Wildman–Crippen MR) is 150 cm³/mol. The number of halogens is 3. The lowest BCUT2D eigenvalue weighted by molar-refractivity contribution is -0.180. The van der Waals surface area contributed by atoms with E-state index < -0.39 is 52.0 Å². The van der Waals surface area contributed by atoms with Crippen molar-refractivity contribution in [2.75, 3.05) is 0 Å². The summed E-state index contributed by atoms with van der Waals surface area (Å²) in [6.45, 7) is 22.3. The number of carbonyl (C=O) groups excluding carboxylic acids is 3. The van der Waals surface area contributed by atoms with Gasteiger partial charge in [0.25, 0.3) is 0 Å². The first-order valence-corrected chi connectivity index (χ1v) is 15.2. The summed E-state index contributed by atoms with van der Waals surface area (Å²) in [6, 6.07) is 0. The molecule has 0 N–H and O–H groups in total. The van der Waals surface area contributed by atoms with Crippen molar-refractivity contribution in [2.45, 2.75) is 112 Å². The lowest BCUT2D eigenvalue weighted by Gasteiger charge is -2.69. The number of nitrogens with zero attached hydrogens (tertiary/aromatic N) is 1. The lowest BCUT2D eigenvalue weighted by Crippen LogP contribution is -2.65. The number of hydrogen-bond acceptors (Lipinski definition) is 3. The van der Waals surface area contributed by atoms with E-state index in [2.05, 4.69) is 39.5 Å².